The number of carbonyl (C=O) groups is 1. The van der Waals surface area contributed by atoms with Gasteiger partial charge in [-0.05, 0) is 42.5 Å². The molecule has 0 spiro atoms. The van der Waals surface area contributed by atoms with Gasteiger partial charge in [0.1, 0.15) is 5.82 Å². The molecule has 2 heterocycles. The number of rotatable bonds is 7. The summed E-state index contributed by atoms with van der Waals surface area (Å²) in [6.07, 6.45) is 3.38. The highest BCUT2D eigenvalue weighted by Gasteiger charge is 2.10. The molecular weight excluding hydrogens is 387 g/mol. The lowest BCUT2D eigenvalue weighted by molar-refractivity contribution is 0.0955. The highest BCUT2D eigenvalue weighted by Crippen LogP contribution is 2.20. The monoisotopic (exact) mass is 402 g/mol. The average molecular weight is 403 g/mol. The second kappa shape index (κ2) is 9.16. The molecule has 3 N–H and O–H groups in total. The van der Waals surface area contributed by atoms with Crippen LogP contribution in [0.1, 0.15) is 10.4 Å². The van der Waals surface area contributed by atoms with Crippen molar-refractivity contribution in [3.63, 3.8) is 0 Å². The molecule has 0 unspecified atom stereocenters. The van der Waals surface area contributed by atoms with Crippen LogP contribution in [0.2, 0.25) is 10.0 Å². The van der Waals surface area contributed by atoms with Crippen LogP contribution in [0, 0.1) is 0 Å². The number of nitrogens with zero attached hydrogens (tertiary/aromatic N) is 3. The van der Waals surface area contributed by atoms with Crippen molar-refractivity contribution < 1.29 is 4.79 Å². The Morgan fingerprint density at radius 1 is 0.926 bits per heavy atom. The van der Waals surface area contributed by atoms with Crippen molar-refractivity contribution in [2.45, 2.75) is 0 Å². The van der Waals surface area contributed by atoms with E-state index in [1.807, 2.05) is 12.1 Å². The molecule has 2 aromatic heterocycles. The Morgan fingerprint density at radius 3 is 2.41 bits per heavy atom. The van der Waals surface area contributed by atoms with Gasteiger partial charge in [0, 0.05) is 36.2 Å². The third kappa shape index (κ3) is 5.54. The van der Waals surface area contributed by atoms with Gasteiger partial charge in [-0.15, -0.1) is 10.2 Å². The Bertz CT molecular complexity index is 905. The predicted molar refractivity (Wildman–Crippen MR) is 107 cm³/mol. The van der Waals surface area contributed by atoms with Gasteiger partial charge >= 0.3 is 0 Å². The molecule has 0 fully saturated rings. The normalized spacial score (nSPS) is 10.3. The number of hydrogen-bond donors (Lipinski definition) is 3. The molecule has 9 heteroatoms. The molecule has 0 aliphatic rings. The van der Waals surface area contributed by atoms with Crippen molar-refractivity contribution in [3.05, 3.63) is 70.5 Å². The number of anilines is 3. The molecule has 7 nitrogen and oxygen atoms in total. The van der Waals surface area contributed by atoms with Crippen LogP contribution in [0.25, 0.3) is 0 Å². The van der Waals surface area contributed by atoms with E-state index < -0.39 is 0 Å². The SMILES string of the molecule is O=C(NCCNc1ccc(Nc2ccncc2)nn1)c1cc(Cl)ccc1Cl. The van der Waals surface area contributed by atoms with Crippen molar-refractivity contribution in [2.24, 2.45) is 0 Å². The van der Waals surface area contributed by atoms with Crippen molar-refractivity contribution in [1.82, 2.24) is 20.5 Å². The molecule has 3 aromatic rings. The van der Waals surface area contributed by atoms with Gasteiger partial charge in [0.15, 0.2) is 5.82 Å². The lowest BCUT2D eigenvalue weighted by atomic mass is 10.2. The van der Waals surface area contributed by atoms with E-state index >= 15 is 0 Å². The van der Waals surface area contributed by atoms with Crippen LogP contribution in [0.4, 0.5) is 17.3 Å². The number of hydrogen-bond acceptors (Lipinski definition) is 6. The van der Waals surface area contributed by atoms with Crippen LogP contribution >= 0.6 is 23.2 Å². The van der Waals surface area contributed by atoms with E-state index in [0.717, 1.165) is 5.69 Å². The molecule has 0 atom stereocenters. The number of benzene rings is 1. The first-order chi connectivity index (χ1) is 13.1. The highest BCUT2D eigenvalue weighted by molar-refractivity contribution is 6.35. The largest absolute Gasteiger partial charge is 0.367 e. The number of pyridine rings is 1. The molecule has 1 aromatic carbocycles. The Hall–Kier alpha value is -2.90. The van der Waals surface area contributed by atoms with Crippen LogP contribution in [-0.4, -0.2) is 34.2 Å². The van der Waals surface area contributed by atoms with Crippen LogP contribution < -0.4 is 16.0 Å². The Morgan fingerprint density at radius 2 is 1.67 bits per heavy atom. The van der Waals surface area contributed by atoms with Crippen LogP contribution in [0.5, 0.6) is 0 Å². The summed E-state index contributed by atoms with van der Waals surface area (Å²) < 4.78 is 0. The van der Waals surface area contributed by atoms with Gasteiger partial charge in [-0.25, -0.2) is 0 Å². The summed E-state index contributed by atoms with van der Waals surface area (Å²) in [6, 6.07) is 12.0. The fraction of sp³-hybridized carbons (Fsp3) is 0.111. The minimum Gasteiger partial charge on any atom is -0.367 e. The number of aromatic nitrogens is 3. The summed E-state index contributed by atoms with van der Waals surface area (Å²) in [4.78, 5) is 16.1. The number of nitrogens with one attached hydrogen (secondary N) is 3. The second-order valence-corrected chi connectivity index (χ2v) is 6.32. The lowest BCUT2D eigenvalue weighted by Crippen LogP contribution is -2.29. The molecule has 0 saturated carbocycles. The standard InChI is InChI=1S/C18H16Cl2N6O/c19-12-1-2-15(20)14(11-12)18(27)23-10-9-22-16-3-4-17(26-25-16)24-13-5-7-21-8-6-13/h1-8,11H,9-10H2,(H,22,25)(H,23,27)(H,21,24,26). The quantitative estimate of drug-likeness (QED) is 0.521. The van der Waals surface area contributed by atoms with Gasteiger partial charge in [0.2, 0.25) is 0 Å². The van der Waals surface area contributed by atoms with E-state index in [-0.39, 0.29) is 5.91 Å². The molecule has 1 amide bonds. The van der Waals surface area contributed by atoms with Crippen molar-refractivity contribution >= 4 is 46.4 Å². The first-order valence-electron chi connectivity index (χ1n) is 8.10. The van der Waals surface area contributed by atoms with E-state index in [2.05, 4.69) is 31.1 Å². The topological polar surface area (TPSA) is 91.8 Å². The Balaban J connectivity index is 1.45. The van der Waals surface area contributed by atoms with Gasteiger partial charge in [-0.2, -0.15) is 0 Å². The smallest absolute Gasteiger partial charge is 0.252 e. The Kier molecular flexibility index (Phi) is 6.40. The molecule has 0 aliphatic heterocycles. The van der Waals surface area contributed by atoms with Crippen LogP contribution in [-0.2, 0) is 0 Å². The van der Waals surface area contributed by atoms with E-state index in [0.29, 0.717) is 40.3 Å². The zero-order valence-electron chi connectivity index (χ0n) is 14.1. The number of halogens is 2. The summed E-state index contributed by atoms with van der Waals surface area (Å²) in [6.45, 7) is 0.871. The minimum atomic E-state index is -0.285. The molecule has 0 radical (unpaired) electrons. The molecular formula is C18H16Cl2N6O. The molecule has 138 valence electrons. The Labute approximate surface area is 166 Å². The second-order valence-electron chi connectivity index (χ2n) is 5.47. The van der Waals surface area contributed by atoms with Crippen LogP contribution in [0.3, 0.4) is 0 Å². The van der Waals surface area contributed by atoms with Gasteiger partial charge < -0.3 is 16.0 Å². The summed E-state index contributed by atoms with van der Waals surface area (Å²) in [5.41, 5.74) is 1.22. The summed E-state index contributed by atoms with van der Waals surface area (Å²) in [7, 11) is 0. The highest BCUT2D eigenvalue weighted by atomic mass is 35.5. The van der Waals surface area contributed by atoms with E-state index in [9.17, 15) is 4.79 Å². The van der Waals surface area contributed by atoms with Crippen molar-refractivity contribution in [1.29, 1.82) is 0 Å². The molecule has 0 saturated heterocycles. The third-order valence-corrected chi connectivity index (χ3v) is 4.07. The van der Waals surface area contributed by atoms with Gasteiger partial charge in [0.25, 0.3) is 5.91 Å². The maximum absolute atomic E-state index is 12.1. The number of amides is 1. The van der Waals surface area contributed by atoms with E-state index in [1.165, 1.54) is 6.07 Å². The summed E-state index contributed by atoms with van der Waals surface area (Å²) >= 11 is 11.9. The molecule has 0 bridgehead atoms. The van der Waals surface area contributed by atoms with Gasteiger partial charge in [-0.1, -0.05) is 23.2 Å². The van der Waals surface area contributed by atoms with Crippen LogP contribution in [0.15, 0.2) is 54.9 Å². The average Bonchev–Trinajstić information content (AvgIpc) is 2.69. The first-order valence-corrected chi connectivity index (χ1v) is 8.85. The van der Waals surface area contributed by atoms with Gasteiger partial charge in [-0.3, -0.25) is 9.78 Å². The van der Waals surface area contributed by atoms with Gasteiger partial charge in [0.05, 0.1) is 10.6 Å². The fourth-order valence-corrected chi connectivity index (χ4v) is 2.59. The fourth-order valence-electron chi connectivity index (χ4n) is 2.21. The number of carbonyl (C=O) groups excluding carboxylic acids is 1. The van der Waals surface area contributed by atoms with E-state index in [1.54, 1.807) is 36.7 Å². The third-order valence-electron chi connectivity index (χ3n) is 3.51. The molecule has 3 rings (SSSR count). The zero-order valence-corrected chi connectivity index (χ0v) is 15.6. The van der Waals surface area contributed by atoms with Crippen molar-refractivity contribution in [2.75, 3.05) is 23.7 Å². The summed E-state index contributed by atoms with van der Waals surface area (Å²) in [5.74, 6) is 0.938. The molecule has 0 aliphatic carbocycles. The van der Waals surface area contributed by atoms with E-state index in [4.69, 9.17) is 23.2 Å². The minimum absolute atomic E-state index is 0.285. The summed E-state index contributed by atoms with van der Waals surface area (Å²) in [5, 5.41) is 18.0. The maximum Gasteiger partial charge on any atom is 0.252 e. The lowest BCUT2D eigenvalue weighted by Gasteiger charge is -2.09. The molecule has 27 heavy (non-hydrogen) atoms. The first kappa shape index (κ1) is 18.9. The predicted octanol–water partition coefficient (Wildman–Crippen LogP) is 3.76. The van der Waals surface area contributed by atoms with Crippen molar-refractivity contribution in [3.8, 4) is 0 Å². The zero-order chi connectivity index (χ0) is 19.1. The maximum atomic E-state index is 12.1.